The van der Waals surface area contributed by atoms with Crippen LogP contribution in [0, 0.1) is 0 Å². The van der Waals surface area contributed by atoms with Gasteiger partial charge < -0.3 is 14.5 Å². The van der Waals surface area contributed by atoms with Crippen molar-refractivity contribution in [2.75, 3.05) is 11.9 Å². The van der Waals surface area contributed by atoms with Crippen molar-refractivity contribution in [3.05, 3.63) is 58.7 Å². The number of anilines is 1. The molecular weight excluding hydrogens is 390 g/mol. The second kappa shape index (κ2) is 6.63. The first kappa shape index (κ1) is 17.8. The van der Waals surface area contributed by atoms with Crippen molar-refractivity contribution in [2.24, 2.45) is 7.05 Å². The van der Waals surface area contributed by atoms with Crippen LogP contribution in [0.4, 0.5) is 5.95 Å². The molecule has 1 aliphatic heterocycles. The molecule has 0 saturated heterocycles. The first-order valence-corrected chi connectivity index (χ1v) is 9.74. The number of halogens is 1. The Bertz CT molecular complexity index is 1300. The third-order valence-corrected chi connectivity index (χ3v) is 5.55. The topological polar surface area (TPSA) is 81.0 Å². The maximum absolute atomic E-state index is 12.9. The van der Waals surface area contributed by atoms with Gasteiger partial charge in [-0.15, -0.1) is 0 Å². The Hall–Kier alpha value is -3.32. The number of aryl methyl sites for hydroxylation is 2. The molecule has 7 nitrogen and oxygen atoms in total. The van der Waals surface area contributed by atoms with Crippen LogP contribution in [0.5, 0.6) is 0 Å². The molecule has 2 aromatic heterocycles. The van der Waals surface area contributed by atoms with Crippen molar-refractivity contribution in [1.82, 2.24) is 19.4 Å². The van der Waals surface area contributed by atoms with Crippen LogP contribution in [0.25, 0.3) is 21.9 Å². The molecule has 0 bridgehead atoms. The number of carbonyl (C=O) groups excluding carboxylic acids is 2. The molecule has 0 radical (unpaired) electrons. The van der Waals surface area contributed by atoms with Crippen molar-refractivity contribution in [1.29, 1.82) is 0 Å². The van der Waals surface area contributed by atoms with Crippen LogP contribution in [0.15, 0.2) is 42.5 Å². The zero-order valence-corrected chi connectivity index (χ0v) is 16.5. The number of carbonyl (C=O) groups is 2. The minimum atomic E-state index is -0.259. The van der Waals surface area contributed by atoms with Gasteiger partial charge in [-0.3, -0.25) is 14.9 Å². The summed E-state index contributed by atoms with van der Waals surface area (Å²) in [5.74, 6) is 0.105. The molecule has 0 spiro atoms. The molecule has 0 unspecified atom stereocenters. The van der Waals surface area contributed by atoms with E-state index >= 15 is 0 Å². The summed E-state index contributed by atoms with van der Waals surface area (Å²) in [6.45, 7) is 1.38. The molecule has 0 fully saturated rings. The van der Waals surface area contributed by atoms with Crippen LogP contribution in [0.1, 0.15) is 27.3 Å². The van der Waals surface area contributed by atoms with Gasteiger partial charge in [0.15, 0.2) is 0 Å². The number of hydrogen-bond acceptors (Lipinski definition) is 3. The lowest BCUT2D eigenvalue weighted by Crippen LogP contribution is -2.22. The fourth-order valence-electron chi connectivity index (χ4n) is 3.81. The van der Waals surface area contributed by atoms with Crippen LogP contribution >= 0.6 is 11.6 Å². The van der Waals surface area contributed by atoms with Crippen LogP contribution in [0.3, 0.4) is 0 Å². The summed E-state index contributed by atoms with van der Waals surface area (Å²) in [5, 5.41) is 7.30. The summed E-state index contributed by atoms with van der Waals surface area (Å²) in [6.07, 6.45) is 0.849. The van der Waals surface area contributed by atoms with E-state index in [-0.39, 0.29) is 11.8 Å². The Morgan fingerprint density at radius 2 is 2.03 bits per heavy atom. The van der Waals surface area contributed by atoms with Gasteiger partial charge in [-0.1, -0.05) is 17.7 Å². The lowest BCUT2D eigenvalue weighted by Gasteiger charge is -2.08. The molecular formula is C21H18ClN5O2. The number of nitrogens with one attached hydrogen (secondary N) is 2. The number of aromatic nitrogens is 3. The fraction of sp³-hybridized carbons (Fsp3) is 0.190. The van der Waals surface area contributed by atoms with Crippen LogP contribution < -0.4 is 10.6 Å². The molecule has 3 heterocycles. The van der Waals surface area contributed by atoms with E-state index in [0.29, 0.717) is 34.3 Å². The number of benzene rings is 2. The molecule has 0 saturated carbocycles. The minimum Gasteiger partial charge on any atom is -0.351 e. The summed E-state index contributed by atoms with van der Waals surface area (Å²) < 4.78 is 3.79. The largest absolute Gasteiger partial charge is 0.351 e. The molecule has 0 aliphatic carbocycles. The van der Waals surface area contributed by atoms with Gasteiger partial charge in [-0.25, -0.2) is 4.98 Å². The zero-order valence-electron chi connectivity index (χ0n) is 15.7. The Morgan fingerprint density at radius 3 is 2.90 bits per heavy atom. The molecule has 2 amide bonds. The molecule has 2 aromatic carbocycles. The molecule has 146 valence electrons. The highest BCUT2D eigenvalue weighted by Gasteiger charge is 2.20. The van der Waals surface area contributed by atoms with Crippen molar-refractivity contribution >= 4 is 51.3 Å². The summed E-state index contributed by atoms with van der Waals surface area (Å²) in [4.78, 5) is 29.6. The number of nitrogens with zero attached hydrogens (tertiary/aromatic N) is 3. The van der Waals surface area contributed by atoms with Crippen molar-refractivity contribution in [3.63, 3.8) is 0 Å². The summed E-state index contributed by atoms with van der Waals surface area (Å²) in [5.41, 5.74) is 3.61. The number of rotatable bonds is 2. The molecule has 29 heavy (non-hydrogen) atoms. The molecule has 4 aromatic rings. The van der Waals surface area contributed by atoms with E-state index < -0.39 is 0 Å². The first-order valence-electron chi connectivity index (χ1n) is 9.36. The fourth-order valence-corrected chi connectivity index (χ4v) is 3.98. The number of hydrogen-bond donors (Lipinski definition) is 2. The average Bonchev–Trinajstić information content (AvgIpc) is 3.15. The molecule has 5 rings (SSSR count). The standard InChI is InChI=1S/C21H18ClN5O2/c1-26-16-6-5-14(22)11-15(16)24-21(26)25-19(28)13-4-3-12-9-18-20(29)23-7-2-8-27(18)17(12)10-13/h3-6,9-11H,2,7-8H2,1H3,(H,23,29)(H,24,25,28). The zero-order chi connectivity index (χ0) is 20.1. The predicted octanol–water partition coefficient (Wildman–Crippen LogP) is 3.57. The van der Waals surface area contributed by atoms with E-state index in [1.807, 2.05) is 40.4 Å². The predicted molar refractivity (Wildman–Crippen MR) is 113 cm³/mol. The van der Waals surface area contributed by atoms with Crippen LogP contribution in [-0.4, -0.2) is 32.5 Å². The van der Waals surface area contributed by atoms with Gasteiger partial charge in [-0.05, 0) is 42.8 Å². The van der Waals surface area contributed by atoms with Gasteiger partial charge in [0.1, 0.15) is 5.69 Å². The van der Waals surface area contributed by atoms with Gasteiger partial charge in [0.2, 0.25) is 5.95 Å². The van der Waals surface area contributed by atoms with Gasteiger partial charge >= 0.3 is 0 Å². The van der Waals surface area contributed by atoms with E-state index in [1.165, 1.54) is 0 Å². The molecule has 1 aliphatic rings. The highest BCUT2D eigenvalue weighted by atomic mass is 35.5. The smallest absolute Gasteiger partial charge is 0.267 e. The molecule has 8 heteroatoms. The van der Waals surface area contributed by atoms with Crippen LogP contribution in [-0.2, 0) is 13.6 Å². The van der Waals surface area contributed by atoms with E-state index in [4.69, 9.17) is 11.6 Å². The van der Waals surface area contributed by atoms with Crippen molar-refractivity contribution in [2.45, 2.75) is 13.0 Å². The lowest BCUT2D eigenvalue weighted by molar-refractivity contribution is 0.0950. The summed E-state index contributed by atoms with van der Waals surface area (Å²) >= 11 is 6.04. The third kappa shape index (κ3) is 2.94. The number of imidazole rings is 1. The van der Waals surface area contributed by atoms with Gasteiger partial charge in [0, 0.05) is 41.6 Å². The maximum atomic E-state index is 12.9. The Balaban J connectivity index is 1.51. The maximum Gasteiger partial charge on any atom is 0.267 e. The van der Waals surface area contributed by atoms with Gasteiger partial charge in [0.05, 0.1) is 11.0 Å². The second-order valence-electron chi connectivity index (χ2n) is 7.15. The minimum absolute atomic E-state index is 0.0805. The highest BCUT2D eigenvalue weighted by molar-refractivity contribution is 6.31. The number of fused-ring (bicyclic) bond motifs is 4. The van der Waals surface area contributed by atoms with Gasteiger partial charge in [-0.2, -0.15) is 0 Å². The van der Waals surface area contributed by atoms with Crippen molar-refractivity contribution < 1.29 is 9.59 Å². The Morgan fingerprint density at radius 1 is 1.17 bits per heavy atom. The average molecular weight is 408 g/mol. The summed E-state index contributed by atoms with van der Waals surface area (Å²) in [6, 6.07) is 12.7. The second-order valence-corrected chi connectivity index (χ2v) is 7.58. The first-order chi connectivity index (χ1) is 14.0. The monoisotopic (exact) mass is 407 g/mol. The highest BCUT2D eigenvalue weighted by Crippen LogP contribution is 2.25. The SMILES string of the molecule is Cn1c(NC(=O)c2ccc3cc4n(c3c2)CCCNC4=O)nc2cc(Cl)ccc21. The van der Waals surface area contributed by atoms with Crippen LogP contribution in [0.2, 0.25) is 5.02 Å². The van der Waals surface area contributed by atoms with E-state index in [1.54, 1.807) is 18.2 Å². The lowest BCUT2D eigenvalue weighted by atomic mass is 10.1. The Labute approximate surface area is 171 Å². The van der Waals surface area contributed by atoms with E-state index in [0.717, 1.165) is 29.4 Å². The normalized spacial score (nSPS) is 13.9. The quantitative estimate of drug-likeness (QED) is 0.533. The molecule has 2 N–H and O–H groups in total. The third-order valence-electron chi connectivity index (χ3n) is 5.31. The van der Waals surface area contributed by atoms with E-state index in [2.05, 4.69) is 15.6 Å². The van der Waals surface area contributed by atoms with Crippen molar-refractivity contribution in [3.8, 4) is 0 Å². The summed E-state index contributed by atoms with van der Waals surface area (Å²) in [7, 11) is 1.84. The van der Waals surface area contributed by atoms with E-state index in [9.17, 15) is 9.59 Å². The molecule has 0 atom stereocenters. The number of amides is 2. The Kier molecular flexibility index (Phi) is 4.06. The van der Waals surface area contributed by atoms with Gasteiger partial charge in [0.25, 0.3) is 11.8 Å².